The average Bonchev–Trinajstić information content (AvgIpc) is 2.88. The highest BCUT2D eigenvalue weighted by molar-refractivity contribution is 6.22. The van der Waals surface area contributed by atoms with Gasteiger partial charge in [0.15, 0.2) is 0 Å². The lowest BCUT2D eigenvalue weighted by molar-refractivity contribution is -0.130. The van der Waals surface area contributed by atoms with Gasteiger partial charge in [0.2, 0.25) is 5.91 Å². The fourth-order valence-corrected chi connectivity index (χ4v) is 4.53. The fourth-order valence-electron chi connectivity index (χ4n) is 4.53. The summed E-state index contributed by atoms with van der Waals surface area (Å²) in [7, 11) is 0. The number of benzene rings is 1. The van der Waals surface area contributed by atoms with Crippen molar-refractivity contribution in [1.82, 2.24) is 14.7 Å². The van der Waals surface area contributed by atoms with Crippen LogP contribution >= 0.6 is 0 Å². The van der Waals surface area contributed by atoms with E-state index in [0.29, 0.717) is 57.0 Å². The maximum Gasteiger partial charge on any atom is 0.409 e. The van der Waals surface area contributed by atoms with E-state index < -0.39 is 6.04 Å². The van der Waals surface area contributed by atoms with E-state index in [4.69, 9.17) is 4.74 Å². The van der Waals surface area contributed by atoms with Gasteiger partial charge in [0.05, 0.1) is 24.4 Å². The van der Waals surface area contributed by atoms with Crippen LogP contribution in [0.3, 0.4) is 0 Å². The Balaban J connectivity index is 1.52. The Morgan fingerprint density at radius 1 is 1.03 bits per heavy atom. The molecule has 4 rings (SSSR count). The maximum atomic E-state index is 13.4. The van der Waals surface area contributed by atoms with Gasteiger partial charge in [-0.15, -0.1) is 0 Å². The molecule has 1 aromatic carbocycles. The van der Waals surface area contributed by atoms with Crippen molar-refractivity contribution in [3.8, 4) is 0 Å². The second-order valence-electron chi connectivity index (χ2n) is 8.06. The summed E-state index contributed by atoms with van der Waals surface area (Å²) < 4.78 is 5.03. The molecular weight excluding hydrogens is 400 g/mol. The number of amides is 4. The Labute approximate surface area is 181 Å². The normalized spacial score (nSPS) is 22.0. The Kier molecular flexibility index (Phi) is 6.22. The first-order valence-electron chi connectivity index (χ1n) is 10.9. The third-order valence-corrected chi connectivity index (χ3v) is 6.15. The summed E-state index contributed by atoms with van der Waals surface area (Å²) in [5.74, 6) is -0.859. The van der Waals surface area contributed by atoms with E-state index in [0.717, 1.165) is 12.8 Å². The number of hydrogen-bond donors (Lipinski definition) is 0. The van der Waals surface area contributed by atoms with E-state index in [2.05, 4.69) is 0 Å². The third-order valence-electron chi connectivity index (χ3n) is 6.15. The highest BCUT2D eigenvalue weighted by Crippen LogP contribution is 2.32. The lowest BCUT2D eigenvalue weighted by Gasteiger charge is -2.36. The van der Waals surface area contributed by atoms with Gasteiger partial charge in [0, 0.05) is 32.7 Å². The first-order valence-corrected chi connectivity index (χ1v) is 10.9. The van der Waals surface area contributed by atoms with E-state index in [1.807, 2.05) is 4.90 Å². The highest BCUT2D eigenvalue weighted by Gasteiger charge is 2.43. The summed E-state index contributed by atoms with van der Waals surface area (Å²) >= 11 is 0. The number of fused-ring (bicyclic) bond motifs is 2. The van der Waals surface area contributed by atoms with Crippen molar-refractivity contribution >= 4 is 29.5 Å². The minimum absolute atomic E-state index is 0.0532. The van der Waals surface area contributed by atoms with Crippen LogP contribution in [0.1, 0.15) is 36.5 Å². The molecule has 166 valence electrons. The van der Waals surface area contributed by atoms with Crippen LogP contribution in [0.15, 0.2) is 24.3 Å². The molecule has 3 heterocycles. The van der Waals surface area contributed by atoms with Crippen molar-refractivity contribution in [3.63, 3.8) is 0 Å². The summed E-state index contributed by atoms with van der Waals surface area (Å²) in [5, 5.41) is 0. The summed E-state index contributed by atoms with van der Waals surface area (Å²) in [4.78, 5) is 58.1. The van der Waals surface area contributed by atoms with E-state index in [9.17, 15) is 19.2 Å². The van der Waals surface area contributed by atoms with Crippen molar-refractivity contribution in [3.05, 3.63) is 29.8 Å². The van der Waals surface area contributed by atoms with Crippen molar-refractivity contribution in [2.24, 2.45) is 0 Å². The molecule has 31 heavy (non-hydrogen) atoms. The summed E-state index contributed by atoms with van der Waals surface area (Å²) in [6, 6.07) is 6.24. The molecule has 0 spiro atoms. The lowest BCUT2D eigenvalue weighted by Crippen LogP contribution is -2.55. The molecule has 1 atom stereocenters. The van der Waals surface area contributed by atoms with Crippen LogP contribution in [0.2, 0.25) is 0 Å². The van der Waals surface area contributed by atoms with Gasteiger partial charge >= 0.3 is 6.09 Å². The quantitative estimate of drug-likeness (QED) is 0.722. The van der Waals surface area contributed by atoms with Gasteiger partial charge in [0.25, 0.3) is 11.8 Å². The smallest absolute Gasteiger partial charge is 0.409 e. The van der Waals surface area contributed by atoms with E-state index in [1.165, 1.54) is 4.90 Å². The number of carbonyl (C=O) groups is 4. The number of ether oxygens (including phenoxy) is 1. The second-order valence-corrected chi connectivity index (χ2v) is 8.06. The van der Waals surface area contributed by atoms with Gasteiger partial charge in [-0.1, -0.05) is 12.1 Å². The summed E-state index contributed by atoms with van der Waals surface area (Å²) in [6.07, 6.45) is 1.94. The number of hydrogen-bond acceptors (Lipinski definition) is 6. The second kappa shape index (κ2) is 9.05. The molecule has 9 heteroatoms. The van der Waals surface area contributed by atoms with Crippen LogP contribution in [0.4, 0.5) is 10.5 Å². The molecule has 0 radical (unpaired) electrons. The van der Waals surface area contributed by atoms with Crippen LogP contribution < -0.4 is 4.90 Å². The largest absolute Gasteiger partial charge is 0.450 e. The number of piperazine rings is 1. The number of para-hydroxylation sites is 1. The predicted octanol–water partition coefficient (Wildman–Crippen LogP) is 1.33. The van der Waals surface area contributed by atoms with E-state index >= 15 is 0 Å². The monoisotopic (exact) mass is 428 g/mol. The minimum atomic E-state index is -0.599. The topological polar surface area (TPSA) is 90.5 Å². The van der Waals surface area contributed by atoms with E-state index in [1.54, 1.807) is 41.0 Å². The minimum Gasteiger partial charge on any atom is -0.450 e. The number of nitrogens with zero attached hydrogens (tertiary/aromatic N) is 4. The molecule has 3 aliphatic rings. The SMILES string of the molecule is CCOC(=O)N1CCN(CC(=O)N2C(=O)[C@@H]3CCCCN3C(=O)c3ccccc32)CC1. The van der Waals surface area contributed by atoms with Crippen molar-refractivity contribution < 1.29 is 23.9 Å². The molecule has 0 saturated carbocycles. The molecular formula is C22H28N4O5. The van der Waals surface area contributed by atoms with Gasteiger partial charge in [-0.2, -0.15) is 0 Å². The molecule has 9 nitrogen and oxygen atoms in total. The van der Waals surface area contributed by atoms with Crippen LogP contribution in [-0.4, -0.2) is 90.4 Å². The first kappa shape index (κ1) is 21.3. The van der Waals surface area contributed by atoms with Crippen LogP contribution in [-0.2, 0) is 14.3 Å². The third kappa shape index (κ3) is 4.14. The standard InChI is InChI=1S/C22H28N4O5/c1-2-31-22(30)24-13-11-23(12-14-24)15-19(27)26-17-8-4-3-7-16(17)20(28)25-10-6-5-9-18(25)21(26)29/h3-4,7-8,18H,2,5-6,9-15H2,1H3/t18-/m0/s1. The summed E-state index contributed by atoms with van der Waals surface area (Å²) in [6.45, 7) is 4.63. The predicted molar refractivity (Wildman–Crippen MR) is 113 cm³/mol. The zero-order chi connectivity index (χ0) is 22.0. The number of rotatable bonds is 3. The number of piperidine rings is 1. The Hall–Kier alpha value is -2.94. The summed E-state index contributed by atoms with van der Waals surface area (Å²) in [5.41, 5.74) is 0.753. The molecule has 3 aliphatic heterocycles. The molecule has 0 bridgehead atoms. The average molecular weight is 428 g/mol. The highest BCUT2D eigenvalue weighted by atomic mass is 16.6. The first-order chi connectivity index (χ1) is 15.0. The van der Waals surface area contributed by atoms with Crippen molar-refractivity contribution in [2.75, 3.05) is 50.8 Å². The fraction of sp³-hybridized carbons (Fsp3) is 0.545. The number of imide groups is 1. The Morgan fingerprint density at radius 3 is 2.52 bits per heavy atom. The molecule has 4 amide bonds. The van der Waals surface area contributed by atoms with Crippen LogP contribution in [0.5, 0.6) is 0 Å². The van der Waals surface area contributed by atoms with Gasteiger partial charge in [0.1, 0.15) is 6.04 Å². The Morgan fingerprint density at radius 2 is 1.77 bits per heavy atom. The lowest BCUT2D eigenvalue weighted by atomic mass is 10.0. The molecule has 0 unspecified atom stereocenters. The Bertz CT molecular complexity index is 880. The molecule has 2 fully saturated rings. The van der Waals surface area contributed by atoms with Crippen molar-refractivity contribution in [1.29, 1.82) is 0 Å². The maximum absolute atomic E-state index is 13.4. The molecule has 0 aromatic heterocycles. The molecule has 1 aromatic rings. The van der Waals surface area contributed by atoms with Gasteiger partial charge in [-0.25, -0.2) is 9.69 Å². The molecule has 0 N–H and O–H groups in total. The van der Waals surface area contributed by atoms with Crippen molar-refractivity contribution in [2.45, 2.75) is 32.2 Å². The van der Waals surface area contributed by atoms with Crippen LogP contribution in [0, 0.1) is 0 Å². The number of anilines is 1. The molecule has 0 aliphatic carbocycles. The van der Waals surface area contributed by atoms with Crippen LogP contribution in [0.25, 0.3) is 0 Å². The van der Waals surface area contributed by atoms with E-state index in [-0.39, 0.29) is 30.4 Å². The zero-order valence-electron chi connectivity index (χ0n) is 17.8. The van der Waals surface area contributed by atoms with Gasteiger partial charge in [-0.05, 0) is 38.3 Å². The number of carbonyl (C=O) groups excluding carboxylic acids is 4. The molecule has 2 saturated heterocycles. The van der Waals surface area contributed by atoms with Gasteiger partial charge < -0.3 is 14.5 Å². The van der Waals surface area contributed by atoms with Gasteiger partial charge in [-0.3, -0.25) is 19.3 Å². The zero-order valence-corrected chi connectivity index (χ0v) is 17.8.